The lowest BCUT2D eigenvalue weighted by Crippen LogP contribution is -2.40. The zero-order chi connectivity index (χ0) is 14.1. The summed E-state index contributed by atoms with van der Waals surface area (Å²) in [7, 11) is 0. The number of nitrogens with one attached hydrogen (secondary N) is 2. The third-order valence-electron chi connectivity index (χ3n) is 4.32. The van der Waals surface area contributed by atoms with Crippen molar-refractivity contribution in [3.05, 3.63) is 34.4 Å². The largest absolute Gasteiger partial charge is 0.360 e. The van der Waals surface area contributed by atoms with E-state index in [0.717, 1.165) is 27.4 Å². The van der Waals surface area contributed by atoms with Crippen LogP contribution in [0.15, 0.2) is 28.9 Å². The fourth-order valence-electron chi connectivity index (χ4n) is 3.06. The number of amides is 1. The Morgan fingerprint density at radius 3 is 2.95 bits per heavy atom. The van der Waals surface area contributed by atoms with Gasteiger partial charge in [0.2, 0.25) is 0 Å². The van der Waals surface area contributed by atoms with Crippen molar-refractivity contribution < 1.29 is 4.79 Å². The second-order valence-electron chi connectivity index (χ2n) is 5.73. The van der Waals surface area contributed by atoms with Crippen LogP contribution in [-0.4, -0.2) is 16.9 Å². The van der Waals surface area contributed by atoms with E-state index in [0.29, 0.717) is 12.0 Å². The molecule has 0 saturated heterocycles. The van der Waals surface area contributed by atoms with Crippen LogP contribution in [-0.2, 0) is 0 Å². The number of benzene rings is 1. The number of carbonyl (C=O) groups excluding carboxylic acids is 1. The Kier molecular flexibility index (Phi) is 3.83. The summed E-state index contributed by atoms with van der Waals surface area (Å²) < 4.78 is 0.990. The molecule has 1 fully saturated rings. The van der Waals surface area contributed by atoms with Crippen molar-refractivity contribution in [1.29, 1.82) is 0 Å². The zero-order valence-corrected chi connectivity index (χ0v) is 13.2. The average Bonchev–Trinajstić information content (AvgIpc) is 2.84. The van der Waals surface area contributed by atoms with Gasteiger partial charge in [-0.25, -0.2) is 0 Å². The monoisotopic (exact) mass is 334 g/mol. The van der Waals surface area contributed by atoms with E-state index in [1.807, 2.05) is 18.2 Å². The lowest BCUT2D eigenvalue weighted by atomic mass is 9.86. The first kappa shape index (κ1) is 13.7. The molecule has 1 aliphatic rings. The van der Waals surface area contributed by atoms with Crippen LogP contribution in [0.4, 0.5) is 0 Å². The first-order valence-electron chi connectivity index (χ1n) is 7.22. The summed E-state index contributed by atoms with van der Waals surface area (Å²) in [6.45, 7) is 2.23. The number of H-pyrrole nitrogens is 1. The molecule has 0 spiro atoms. The minimum atomic E-state index is 0.0353. The molecule has 0 radical (unpaired) electrons. The Balaban J connectivity index is 1.83. The minimum absolute atomic E-state index is 0.0353. The molecule has 2 atom stereocenters. The highest BCUT2D eigenvalue weighted by atomic mass is 79.9. The normalized spacial score (nSPS) is 22.9. The number of aromatic amines is 1. The summed E-state index contributed by atoms with van der Waals surface area (Å²) in [5, 5.41) is 4.18. The molecule has 3 nitrogen and oxygen atoms in total. The summed E-state index contributed by atoms with van der Waals surface area (Å²) >= 11 is 3.46. The van der Waals surface area contributed by atoms with Gasteiger partial charge in [-0.2, -0.15) is 0 Å². The summed E-state index contributed by atoms with van der Waals surface area (Å²) in [6.07, 6.45) is 6.62. The van der Waals surface area contributed by atoms with Crippen LogP contribution in [0.25, 0.3) is 10.9 Å². The van der Waals surface area contributed by atoms with Gasteiger partial charge < -0.3 is 10.3 Å². The van der Waals surface area contributed by atoms with Gasteiger partial charge in [-0.3, -0.25) is 4.79 Å². The highest BCUT2D eigenvalue weighted by molar-refractivity contribution is 9.10. The summed E-state index contributed by atoms with van der Waals surface area (Å²) in [5.74, 6) is 0.609. The van der Waals surface area contributed by atoms with E-state index in [1.54, 1.807) is 6.20 Å². The maximum absolute atomic E-state index is 12.5. The van der Waals surface area contributed by atoms with Gasteiger partial charge in [0.15, 0.2) is 0 Å². The number of hydrogen-bond acceptors (Lipinski definition) is 1. The predicted octanol–water partition coefficient (Wildman–Crippen LogP) is 4.24. The molecule has 4 heteroatoms. The van der Waals surface area contributed by atoms with E-state index in [2.05, 4.69) is 33.2 Å². The number of carbonyl (C=O) groups is 1. The fourth-order valence-corrected chi connectivity index (χ4v) is 3.42. The number of fused-ring (bicyclic) bond motifs is 1. The standard InChI is InChI=1S/C16H19BrN2O/c1-10-4-2-3-5-14(10)19-16(20)13-9-18-15-7-6-11(17)8-12(13)15/h6-10,14,18H,2-5H2,1H3,(H,19,20)/t10-,14-/m0/s1. The molecule has 0 bridgehead atoms. The second kappa shape index (κ2) is 5.60. The zero-order valence-electron chi connectivity index (χ0n) is 11.6. The van der Waals surface area contributed by atoms with Crippen LogP contribution in [0, 0.1) is 5.92 Å². The lowest BCUT2D eigenvalue weighted by molar-refractivity contribution is 0.0912. The fraction of sp³-hybridized carbons (Fsp3) is 0.438. The van der Waals surface area contributed by atoms with Crippen molar-refractivity contribution in [2.45, 2.75) is 38.6 Å². The van der Waals surface area contributed by atoms with Gasteiger partial charge >= 0.3 is 0 Å². The van der Waals surface area contributed by atoms with Crippen LogP contribution in [0.1, 0.15) is 43.0 Å². The smallest absolute Gasteiger partial charge is 0.253 e. The van der Waals surface area contributed by atoms with E-state index in [9.17, 15) is 4.79 Å². The topological polar surface area (TPSA) is 44.9 Å². The van der Waals surface area contributed by atoms with Gasteiger partial charge in [0.25, 0.3) is 5.91 Å². The van der Waals surface area contributed by atoms with Crippen LogP contribution >= 0.6 is 15.9 Å². The number of halogens is 1. The molecule has 1 amide bonds. The number of rotatable bonds is 2. The molecule has 2 aromatic rings. The highest BCUT2D eigenvalue weighted by Crippen LogP contribution is 2.26. The van der Waals surface area contributed by atoms with Crippen LogP contribution in [0.5, 0.6) is 0 Å². The van der Waals surface area contributed by atoms with Crippen molar-refractivity contribution in [3.63, 3.8) is 0 Å². The maximum Gasteiger partial charge on any atom is 0.253 e. The van der Waals surface area contributed by atoms with Gasteiger partial charge in [0.1, 0.15) is 0 Å². The second-order valence-corrected chi connectivity index (χ2v) is 6.65. The number of hydrogen-bond donors (Lipinski definition) is 2. The predicted molar refractivity (Wildman–Crippen MR) is 84.9 cm³/mol. The molecule has 2 N–H and O–H groups in total. The number of aromatic nitrogens is 1. The van der Waals surface area contributed by atoms with Crippen LogP contribution in [0.2, 0.25) is 0 Å². The molecule has 1 aliphatic carbocycles. The van der Waals surface area contributed by atoms with Crippen molar-refractivity contribution in [2.24, 2.45) is 5.92 Å². The molecule has 20 heavy (non-hydrogen) atoms. The molecule has 106 valence electrons. The van der Waals surface area contributed by atoms with E-state index in [-0.39, 0.29) is 5.91 Å². The van der Waals surface area contributed by atoms with Gasteiger partial charge in [-0.1, -0.05) is 35.7 Å². The molecule has 0 aliphatic heterocycles. The van der Waals surface area contributed by atoms with Gasteiger partial charge in [0.05, 0.1) is 5.56 Å². The Morgan fingerprint density at radius 1 is 1.35 bits per heavy atom. The van der Waals surface area contributed by atoms with Crippen molar-refractivity contribution >= 4 is 32.7 Å². The first-order chi connectivity index (χ1) is 9.65. The van der Waals surface area contributed by atoms with E-state index in [1.165, 1.54) is 19.3 Å². The highest BCUT2D eigenvalue weighted by Gasteiger charge is 2.24. The lowest BCUT2D eigenvalue weighted by Gasteiger charge is -2.29. The minimum Gasteiger partial charge on any atom is -0.360 e. The molecule has 1 heterocycles. The molecule has 0 unspecified atom stereocenters. The Bertz CT molecular complexity index is 634. The van der Waals surface area contributed by atoms with Gasteiger partial charge in [0, 0.05) is 27.6 Å². The average molecular weight is 335 g/mol. The third-order valence-corrected chi connectivity index (χ3v) is 4.81. The molecular formula is C16H19BrN2O. The van der Waals surface area contributed by atoms with Crippen LogP contribution in [0.3, 0.4) is 0 Å². The van der Waals surface area contributed by atoms with Crippen molar-refractivity contribution in [3.8, 4) is 0 Å². The third kappa shape index (κ3) is 2.62. The Hall–Kier alpha value is -1.29. The summed E-state index contributed by atoms with van der Waals surface area (Å²) in [4.78, 5) is 15.7. The first-order valence-corrected chi connectivity index (χ1v) is 8.02. The Labute approximate surface area is 127 Å². The quantitative estimate of drug-likeness (QED) is 0.847. The van der Waals surface area contributed by atoms with E-state index < -0.39 is 0 Å². The molecule has 1 aromatic heterocycles. The van der Waals surface area contributed by atoms with Crippen molar-refractivity contribution in [2.75, 3.05) is 0 Å². The molecule has 3 rings (SSSR count). The van der Waals surface area contributed by atoms with E-state index in [4.69, 9.17) is 0 Å². The molecular weight excluding hydrogens is 316 g/mol. The summed E-state index contributed by atoms with van der Waals surface area (Å²) in [6, 6.07) is 6.27. The van der Waals surface area contributed by atoms with E-state index >= 15 is 0 Å². The molecule has 1 aromatic carbocycles. The SMILES string of the molecule is C[C@H]1CCCC[C@@H]1NC(=O)c1c[nH]c2ccc(Br)cc12. The summed E-state index contributed by atoms with van der Waals surface area (Å²) in [5.41, 5.74) is 1.73. The van der Waals surface area contributed by atoms with Crippen LogP contribution < -0.4 is 5.32 Å². The van der Waals surface area contributed by atoms with Crippen molar-refractivity contribution in [1.82, 2.24) is 10.3 Å². The molecule has 1 saturated carbocycles. The van der Waals surface area contributed by atoms with Gasteiger partial charge in [-0.05, 0) is 37.0 Å². The Morgan fingerprint density at radius 2 is 2.15 bits per heavy atom. The van der Waals surface area contributed by atoms with Gasteiger partial charge in [-0.15, -0.1) is 0 Å². The maximum atomic E-state index is 12.5.